The second-order valence-corrected chi connectivity index (χ2v) is 16.7. The lowest BCUT2D eigenvalue weighted by molar-refractivity contribution is -0.136. The standard InChI is InChI=1S/C22H28NO4P.C18H20Cl2NO5P/c1-4-26-28(24,27-5-2)23(3)16-10-14-20-19-12-7-6-11-18(19)17-25-22-15-9-8-13-21(20)22;1-3-25-27(24,26-4-2)21(18-14(19)9-7-10-15(18)20)16-11-6-5-8-13(16)12-17(22)23/h6-9,11-15H,4-5,10,16-17H2,1-3H3;5-11H,3-4,12H2,1-2H3,(H,22,23). The minimum atomic E-state index is -3.93. The Morgan fingerprint density at radius 1 is 0.764 bits per heavy atom. The van der Waals surface area contributed by atoms with Crippen molar-refractivity contribution in [3.63, 3.8) is 0 Å². The molecule has 0 saturated heterocycles. The van der Waals surface area contributed by atoms with Crippen molar-refractivity contribution >= 4 is 61.6 Å². The molecule has 1 heterocycles. The number of aliphatic carboxylic acids is 1. The van der Waals surface area contributed by atoms with Crippen LogP contribution in [0.15, 0.2) is 97.1 Å². The highest BCUT2D eigenvalue weighted by Gasteiger charge is 2.38. The Labute approximate surface area is 333 Å². The minimum Gasteiger partial charge on any atom is -0.488 e. The van der Waals surface area contributed by atoms with Crippen LogP contribution in [0.2, 0.25) is 10.0 Å². The van der Waals surface area contributed by atoms with Gasteiger partial charge in [-0.15, -0.1) is 0 Å². The van der Waals surface area contributed by atoms with E-state index < -0.39 is 21.5 Å². The molecule has 0 spiro atoms. The summed E-state index contributed by atoms with van der Waals surface area (Å²) in [5.74, 6) is -0.150. The smallest absolute Gasteiger partial charge is 0.439 e. The normalized spacial score (nSPS) is 13.3. The number of fused-ring (bicyclic) bond motifs is 2. The lowest BCUT2D eigenvalue weighted by Crippen LogP contribution is -2.20. The Morgan fingerprint density at radius 2 is 1.31 bits per heavy atom. The molecule has 1 aliphatic rings. The van der Waals surface area contributed by atoms with Gasteiger partial charge in [-0.05, 0) is 87.7 Å². The first-order chi connectivity index (χ1) is 26.4. The van der Waals surface area contributed by atoms with E-state index in [9.17, 15) is 19.0 Å². The fraction of sp³-hybridized carbons (Fsp3) is 0.325. The van der Waals surface area contributed by atoms with Crippen molar-refractivity contribution < 1.29 is 41.9 Å². The maximum Gasteiger partial charge on any atom is 0.439 e. The molecule has 55 heavy (non-hydrogen) atoms. The fourth-order valence-corrected chi connectivity index (χ4v) is 9.94. The molecule has 5 rings (SSSR count). The van der Waals surface area contributed by atoms with Gasteiger partial charge in [0.05, 0.1) is 54.3 Å². The highest BCUT2D eigenvalue weighted by molar-refractivity contribution is 7.56. The largest absolute Gasteiger partial charge is 0.488 e. The third kappa shape index (κ3) is 11.3. The number of nitrogens with zero attached hydrogens (tertiary/aromatic N) is 2. The van der Waals surface area contributed by atoms with Gasteiger partial charge in [0.2, 0.25) is 0 Å². The number of hydrogen-bond acceptors (Lipinski definition) is 8. The van der Waals surface area contributed by atoms with Gasteiger partial charge in [-0.2, -0.15) is 0 Å². The first-order valence-electron chi connectivity index (χ1n) is 18.0. The summed E-state index contributed by atoms with van der Waals surface area (Å²) in [6, 6.07) is 27.9. The average Bonchev–Trinajstić information content (AvgIpc) is 3.31. The Bertz CT molecular complexity index is 1940. The molecule has 11 nitrogen and oxygen atoms in total. The van der Waals surface area contributed by atoms with Gasteiger partial charge < -0.3 is 9.84 Å². The highest BCUT2D eigenvalue weighted by Crippen LogP contribution is 2.61. The summed E-state index contributed by atoms with van der Waals surface area (Å²) in [6.07, 6.45) is 2.61. The van der Waals surface area contributed by atoms with Crippen LogP contribution in [-0.2, 0) is 45.0 Å². The van der Waals surface area contributed by atoms with E-state index in [4.69, 9.17) is 46.0 Å². The van der Waals surface area contributed by atoms with Crippen LogP contribution in [0.4, 0.5) is 11.4 Å². The zero-order chi connectivity index (χ0) is 40.0. The fourth-order valence-electron chi connectivity index (χ4n) is 5.90. The zero-order valence-electron chi connectivity index (χ0n) is 31.7. The second kappa shape index (κ2) is 21.2. The molecule has 296 valence electrons. The quantitative estimate of drug-likeness (QED) is 0.102. The molecule has 1 aliphatic heterocycles. The Kier molecular flexibility index (Phi) is 17.0. The molecule has 0 atom stereocenters. The van der Waals surface area contributed by atoms with Crippen molar-refractivity contribution in [2.45, 2.75) is 47.1 Å². The van der Waals surface area contributed by atoms with Gasteiger partial charge in [0, 0.05) is 12.1 Å². The number of rotatable bonds is 17. The van der Waals surface area contributed by atoms with Crippen LogP contribution < -0.4 is 9.41 Å². The third-order valence-corrected chi connectivity index (χ3v) is 13.1. The molecule has 15 heteroatoms. The summed E-state index contributed by atoms with van der Waals surface area (Å²) >= 11 is 12.7. The topological polar surface area (TPSA) is 124 Å². The summed E-state index contributed by atoms with van der Waals surface area (Å²) in [4.78, 5) is 11.3. The molecule has 4 aromatic carbocycles. The first-order valence-corrected chi connectivity index (χ1v) is 21.7. The van der Waals surface area contributed by atoms with Crippen LogP contribution >= 0.6 is 38.7 Å². The molecule has 0 radical (unpaired) electrons. The van der Waals surface area contributed by atoms with Crippen LogP contribution in [0.25, 0.3) is 5.57 Å². The van der Waals surface area contributed by atoms with Gasteiger partial charge in [0.1, 0.15) is 12.4 Å². The molecule has 0 unspecified atom stereocenters. The van der Waals surface area contributed by atoms with E-state index in [1.807, 2.05) is 44.2 Å². The van der Waals surface area contributed by atoms with Crippen LogP contribution in [0.1, 0.15) is 56.4 Å². The Morgan fingerprint density at radius 3 is 1.93 bits per heavy atom. The van der Waals surface area contributed by atoms with E-state index in [0.29, 0.717) is 44.0 Å². The summed E-state index contributed by atoms with van der Waals surface area (Å²) in [5.41, 5.74) is 5.53. The van der Waals surface area contributed by atoms with E-state index >= 15 is 0 Å². The van der Waals surface area contributed by atoms with E-state index in [1.165, 1.54) is 10.2 Å². The summed E-state index contributed by atoms with van der Waals surface area (Å²) in [7, 11) is -5.39. The predicted octanol–water partition coefficient (Wildman–Crippen LogP) is 11.5. The van der Waals surface area contributed by atoms with E-state index in [2.05, 4.69) is 24.3 Å². The monoisotopic (exact) mass is 832 g/mol. The summed E-state index contributed by atoms with van der Waals surface area (Å²) in [5, 5.41) is 9.72. The second-order valence-electron chi connectivity index (χ2n) is 11.9. The number of carbonyl (C=O) groups is 1. The Balaban J connectivity index is 0.000000245. The molecule has 0 aromatic heterocycles. The molecule has 0 bridgehead atoms. The molecule has 0 aliphatic carbocycles. The SMILES string of the molecule is CCOP(=O)(OCC)N(C)CCC=C1c2ccccc2COc2ccccc21.CCOP(=O)(OCC)N(c1ccccc1CC(=O)O)c1c(Cl)cccc1Cl. The van der Waals surface area contributed by atoms with Gasteiger partial charge >= 0.3 is 21.5 Å². The molecular formula is C40H48Cl2N2O9P2. The van der Waals surface area contributed by atoms with Crippen molar-refractivity contribution in [3.8, 4) is 5.75 Å². The van der Waals surface area contributed by atoms with Gasteiger partial charge in [-0.1, -0.05) is 96.0 Å². The molecule has 0 fully saturated rings. The van der Waals surface area contributed by atoms with Crippen molar-refractivity contribution in [2.75, 3.05) is 44.7 Å². The lowest BCUT2D eigenvalue weighted by atomic mass is 9.93. The maximum absolute atomic E-state index is 13.7. The molecule has 0 amide bonds. The molecule has 4 aromatic rings. The summed E-state index contributed by atoms with van der Waals surface area (Å²) in [6.45, 7) is 9.03. The van der Waals surface area contributed by atoms with Crippen molar-refractivity contribution in [1.29, 1.82) is 0 Å². The zero-order valence-corrected chi connectivity index (χ0v) is 35.0. The maximum atomic E-state index is 13.7. The molecule has 1 N–H and O–H groups in total. The van der Waals surface area contributed by atoms with E-state index in [1.54, 1.807) is 68.0 Å². The number of ether oxygens (including phenoxy) is 1. The third-order valence-electron chi connectivity index (χ3n) is 8.21. The molecular weight excluding hydrogens is 785 g/mol. The average molecular weight is 834 g/mol. The first kappa shape index (κ1) is 44.2. The van der Waals surface area contributed by atoms with Crippen LogP contribution in [0, 0.1) is 0 Å². The predicted molar refractivity (Wildman–Crippen MR) is 220 cm³/mol. The number of halogens is 2. The molecule has 0 saturated carbocycles. The van der Waals surface area contributed by atoms with Crippen LogP contribution in [0.3, 0.4) is 0 Å². The number of carboxylic acids is 1. The van der Waals surface area contributed by atoms with E-state index in [-0.39, 0.29) is 35.4 Å². The number of carboxylic acid groups (broad SMARTS) is 1. The van der Waals surface area contributed by atoms with Gasteiger partial charge in [0.15, 0.2) is 0 Å². The van der Waals surface area contributed by atoms with Crippen molar-refractivity contribution in [1.82, 2.24) is 4.67 Å². The number of anilines is 2. The van der Waals surface area contributed by atoms with Crippen LogP contribution in [0.5, 0.6) is 5.75 Å². The van der Waals surface area contributed by atoms with Crippen molar-refractivity contribution in [2.24, 2.45) is 0 Å². The van der Waals surface area contributed by atoms with Gasteiger partial charge in [-0.25, -0.2) is 18.5 Å². The number of benzene rings is 4. The van der Waals surface area contributed by atoms with Crippen LogP contribution in [-0.4, -0.2) is 55.8 Å². The summed E-state index contributed by atoms with van der Waals surface area (Å²) < 4.78 is 57.4. The van der Waals surface area contributed by atoms with Gasteiger partial charge in [-0.3, -0.25) is 22.9 Å². The van der Waals surface area contributed by atoms with Gasteiger partial charge in [0.25, 0.3) is 0 Å². The Hall–Kier alpha value is -3.47. The van der Waals surface area contributed by atoms with E-state index in [0.717, 1.165) is 22.4 Å². The lowest BCUT2D eigenvalue weighted by Gasteiger charge is -2.33. The van der Waals surface area contributed by atoms with Crippen molar-refractivity contribution in [3.05, 3.63) is 129 Å². The number of hydrogen-bond donors (Lipinski definition) is 1. The minimum absolute atomic E-state index is 0.108. The highest BCUT2D eigenvalue weighted by atomic mass is 35.5. The number of para-hydroxylation sites is 3.